The number of rotatable bonds is 7. The fourth-order valence-corrected chi connectivity index (χ4v) is 2.91. The first-order valence-corrected chi connectivity index (χ1v) is 8.38. The van der Waals surface area contributed by atoms with Gasteiger partial charge in [-0.05, 0) is 41.3 Å². The maximum Gasteiger partial charge on any atom is 0.120 e. The van der Waals surface area contributed by atoms with Crippen LogP contribution in [0.5, 0.6) is 5.75 Å². The predicted molar refractivity (Wildman–Crippen MR) is 101 cm³/mol. The molecule has 0 saturated carbocycles. The van der Waals surface area contributed by atoms with Crippen molar-refractivity contribution in [1.29, 1.82) is 0 Å². The second-order valence-corrected chi connectivity index (χ2v) is 6.04. The minimum atomic E-state index is 0.0439. The maximum absolute atomic E-state index is 11.1. The Morgan fingerprint density at radius 1 is 0.880 bits per heavy atom. The van der Waals surface area contributed by atoms with Crippen molar-refractivity contribution in [2.45, 2.75) is 18.9 Å². The molecule has 0 aliphatic rings. The molecular weight excluding hydrogens is 308 g/mol. The number of hydrogen-bond donors (Lipinski definition) is 0. The molecule has 125 valence electrons. The summed E-state index contributed by atoms with van der Waals surface area (Å²) < 4.78 is 5.83. The first kappa shape index (κ1) is 17.0. The van der Waals surface area contributed by atoms with Crippen LogP contribution >= 0.6 is 0 Å². The SMILES string of the molecule is [CH2]c1cccc(C(CC=O)c2ccc(OCc3ccccc3)cc2)c1. The molecule has 0 heterocycles. The number of ether oxygens (including phenoxy) is 1. The van der Waals surface area contributed by atoms with Gasteiger partial charge in [-0.25, -0.2) is 0 Å². The summed E-state index contributed by atoms with van der Waals surface area (Å²) in [4.78, 5) is 11.1. The number of benzene rings is 3. The van der Waals surface area contributed by atoms with Gasteiger partial charge in [0.05, 0.1) is 0 Å². The van der Waals surface area contributed by atoms with Crippen LogP contribution in [-0.4, -0.2) is 6.29 Å². The Kier molecular flexibility index (Phi) is 5.63. The van der Waals surface area contributed by atoms with Crippen LogP contribution in [0.2, 0.25) is 0 Å². The Morgan fingerprint density at radius 2 is 1.64 bits per heavy atom. The van der Waals surface area contributed by atoms with Crippen molar-refractivity contribution in [2.24, 2.45) is 0 Å². The van der Waals surface area contributed by atoms with Gasteiger partial charge in [-0.1, -0.05) is 66.7 Å². The number of aldehydes is 1. The molecule has 0 aliphatic heterocycles. The third-order valence-electron chi connectivity index (χ3n) is 4.22. The smallest absolute Gasteiger partial charge is 0.120 e. The van der Waals surface area contributed by atoms with E-state index in [0.717, 1.165) is 34.3 Å². The second-order valence-electron chi connectivity index (χ2n) is 6.04. The van der Waals surface area contributed by atoms with Gasteiger partial charge < -0.3 is 9.53 Å². The summed E-state index contributed by atoms with van der Waals surface area (Å²) in [5.41, 5.74) is 4.30. The van der Waals surface area contributed by atoms with E-state index in [0.29, 0.717) is 13.0 Å². The van der Waals surface area contributed by atoms with Gasteiger partial charge in [0.25, 0.3) is 0 Å². The normalized spacial score (nSPS) is 11.7. The Labute approximate surface area is 149 Å². The van der Waals surface area contributed by atoms with E-state index in [1.54, 1.807) is 0 Å². The molecule has 0 amide bonds. The lowest BCUT2D eigenvalue weighted by atomic mass is 9.88. The predicted octanol–water partition coefficient (Wildman–Crippen LogP) is 5.17. The van der Waals surface area contributed by atoms with Crippen LogP contribution in [0.15, 0.2) is 78.9 Å². The molecule has 0 bridgehead atoms. The molecule has 2 nitrogen and oxygen atoms in total. The van der Waals surface area contributed by atoms with Gasteiger partial charge >= 0.3 is 0 Å². The molecule has 0 spiro atoms. The Morgan fingerprint density at radius 3 is 2.32 bits per heavy atom. The van der Waals surface area contributed by atoms with Crippen molar-refractivity contribution in [3.63, 3.8) is 0 Å². The van der Waals surface area contributed by atoms with Gasteiger partial charge in [0, 0.05) is 12.3 Å². The van der Waals surface area contributed by atoms with Gasteiger partial charge in [-0.2, -0.15) is 0 Å². The standard InChI is InChI=1S/C23H21O2/c1-18-6-5-9-21(16-18)23(14-15-24)20-10-12-22(13-11-20)25-17-19-7-3-2-4-8-19/h2-13,15-16,23H,1,14,17H2. The van der Waals surface area contributed by atoms with Crippen LogP contribution in [0, 0.1) is 6.92 Å². The Bertz CT molecular complexity index is 807. The fourth-order valence-electron chi connectivity index (χ4n) is 2.91. The zero-order chi connectivity index (χ0) is 17.5. The minimum absolute atomic E-state index is 0.0439. The molecule has 2 heteroatoms. The van der Waals surface area contributed by atoms with Crippen LogP contribution in [0.1, 0.15) is 34.6 Å². The molecule has 3 aromatic carbocycles. The highest BCUT2D eigenvalue weighted by Crippen LogP contribution is 2.29. The topological polar surface area (TPSA) is 26.3 Å². The van der Waals surface area contributed by atoms with Crippen molar-refractivity contribution in [3.05, 3.63) is 108 Å². The van der Waals surface area contributed by atoms with Crippen molar-refractivity contribution in [2.75, 3.05) is 0 Å². The van der Waals surface area contributed by atoms with Gasteiger partial charge in [0.15, 0.2) is 0 Å². The molecule has 0 aromatic heterocycles. The molecule has 1 atom stereocenters. The fraction of sp³-hybridized carbons (Fsp3) is 0.130. The maximum atomic E-state index is 11.1. The molecule has 3 aromatic rings. The van der Waals surface area contributed by atoms with Gasteiger partial charge in [-0.3, -0.25) is 0 Å². The van der Waals surface area contributed by atoms with Crippen LogP contribution in [0.4, 0.5) is 0 Å². The quantitative estimate of drug-likeness (QED) is 0.559. The highest BCUT2D eigenvalue weighted by molar-refractivity contribution is 5.54. The van der Waals surface area contributed by atoms with E-state index in [1.165, 1.54) is 0 Å². The van der Waals surface area contributed by atoms with Crippen LogP contribution < -0.4 is 4.74 Å². The van der Waals surface area contributed by atoms with Gasteiger partial charge in [0.1, 0.15) is 18.6 Å². The van der Waals surface area contributed by atoms with Crippen molar-refractivity contribution >= 4 is 6.29 Å². The van der Waals surface area contributed by atoms with Crippen molar-refractivity contribution < 1.29 is 9.53 Å². The molecule has 0 N–H and O–H groups in total. The highest BCUT2D eigenvalue weighted by atomic mass is 16.5. The lowest BCUT2D eigenvalue weighted by molar-refractivity contribution is -0.108. The Balaban J connectivity index is 1.74. The molecule has 0 fully saturated rings. The Hall–Kier alpha value is -2.87. The summed E-state index contributed by atoms with van der Waals surface area (Å²) >= 11 is 0. The zero-order valence-corrected chi connectivity index (χ0v) is 14.1. The largest absolute Gasteiger partial charge is 0.489 e. The summed E-state index contributed by atoms with van der Waals surface area (Å²) in [5.74, 6) is 0.866. The highest BCUT2D eigenvalue weighted by Gasteiger charge is 2.14. The lowest BCUT2D eigenvalue weighted by Gasteiger charge is -2.16. The third-order valence-corrected chi connectivity index (χ3v) is 4.22. The molecule has 0 saturated heterocycles. The second kappa shape index (κ2) is 8.29. The minimum Gasteiger partial charge on any atom is -0.489 e. The van der Waals surface area contributed by atoms with E-state index in [-0.39, 0.29) is 5.92 Å². The van der Waals surface area contributed by atoms with E-state index < -0.39 is 0 Å². The molecular formula is C23H21O2. The average Bonchev–Trinajstić information content (AvgIpc) is 2.66. The molecule has 3 rings (SSSR count). The molecule has 25 heavy (non-hydrogen) atoms. The summed E-state index contributed by atoms with van der Waals surface area (Å²) in [6, 6.07) is 26.1. The number of hydrogen-bond acceptors (Lipinski definition) is 2. The van der Waals surface area contributed by atoms with E-state index in [2.05, 4.69) is 6.92 Å². The van der Waals surface area contributed by atoms with E-state index in [4.69, 9.17) is 4.74 Å². The average molecular weight is 329 g/mol. The van der Waals surface area contributed by atoms with Crippen LogP contribution in [0.25, 0.3) is 0 Å². The molecule has 1 unspecified atom stereocenters. The lowest BCUT2D eigenvalue weighted by Crippen LogP contribution is -2.03. The monoisotopic (exact) mass is 329 g/mol. The van der Waals surface area contributed by atoms with Crippen LogP contribution in [-0.2, 0) is 11.4 Å². The van der Waals surface area contributed by atoms with Crippen LogP contribution in [0.3, 0.4) is 0 Å². The summed E-state index contributed by atoms with van der Waals surface area (Å²) in [6.45, 7) is 4.52. The van der Waals surface area contributed by atoms with E-state index in [1.807, 2.05) is 78.9 Å². The first-order chi connectivity index (χ1) is 12.3. The van der Waals surface area contributed by atoms with Crippen molar-refractivity contribution in [1.82, 2.24) is 0 Å². The zero-order valence-electron chi connectivity index (χ0n) is 14.1. The summed E-state index contributed by atoms with van der Waals surface area (Å²) in [7, 11) is 0. The van der Waals surface area contributed by atoms with Crippen molar-refractivity contribution in [3.8, 4) is 5.75 Å². The van der Waals surface area contributed by atoms with E-state index >= 15 is 0 Å². The third kappa shape index (κ3) is 4.57. The van der Waals surface area contributed by atoms with Gasteiger partial charge in [-0.15, -0.1) is 0 Å². The summed E-state index contributed by atoms with van der Waals surface area (Å²) in [5, 5.41) is 0. The summed E-state index contributed by atoms with van der Waals surface area (Å²) in [6.07, 6.45) is 1.42. The first-order valence-electron chi connectivity index (χ1n) is 8.38. The number of carbonyl (C=O) groups excluding carboxylic acids is 1. The molecule has 1 radical (unpaired) electrons. The van der Waals surface area contributed by atoms with E-state index in [9.17, 15) is 4.79 Å². The molecule has 0 aliphatic carbocycles. The van der Waals surface area contributed by atoms with Gasteiger partial charge in [0.2, 0.25) is 0 Å². The number of carbonyl (C=O) groups is 1.